The smallest absolute Gasteiger partial charge is 0.316 e. The summed E-state index contributed by atoms with van der Waals surface area (Å²) in [6, 6.07) is 6.26. The van der Waals surface area contributed by atoms with Crippen molar-refractivity contribution < 1.29 is 14.7 Å². The molecule has 1 aliphatic rings. The number of nitrogens with two attached hydrogens (primary N) is 1. The molecule has 0 heterocycles. The van der Waals surface area contributed by atoms with E-state index < -0.39 is 6.03 Å². The van der Waals surface area contributed by atoms with Gasteiger partial charge in [0.05, 0.1) is 12.1 Å². The lowest BCUT2D eigenvalue weighted by Gasteiger charge is -2.27. The molecule has 0 aromatic heterocycles. The first-order chi connectivity index (χ1) is 10.9. The number of hydrogen-bond donors (Lipinski definition) is 5. The predicted molar refractivity (Wildman–Crippen MR) is 88.0 cm³/mol. The molecular formula is C16H24N4O3. The van der Waals surface area contributed by atoms with E-state index in [0.29, 0.717) is 5.69 Å². The molecule has 0 bridgehead atoms. The molecule has 6 N–H and O–H groups in total. The Labute approximate surface area is 135 Å². The molecule has 0 radical (unpaired) electrons. The molecule has 1 aromatic carbocycles. The van der Waals surface area contributed by atoms with E-state index in [9.17, 15) is 14.7 Å². The highest BCUT2D eigenvalue weighted by molar-refractivity contribution is 5.87. The molecule has 1 aliphatic carbocycles. The predicted octanol–water partition coefficient (Wildman–Crippen LogP) is 1.84. The van der Waals surface area contributed by atoms with Crippen LogP contribution in [0.15, 0.2) is 24.3 Å². The fraction of sp³-hybridized carbons (Fsp3) is 0.500. The van der Waals surface area contributed by atoms with Gasteiger partial charge in [-0.1, -0.05) is 12.1 Å². The summed E-state index contributed by atoms with van der Waals surface area (Å²) < 4.78 is 0. The van der Waals surface area contributed by atoms with Crippen LogP contribution in [0.5, 0.6) is 0 Å². The second-order valence-electron chi connectivity index (χ2n) is 5.96. The van der Waals surface area contributed by atoms with Crippen LogP contribution in [0.4, 0.5) is 15.3 Å². The van der Waals surface area contributed by atoms with Crippen LogP contribution in [-0.2, 0) is 0 Å². The molecular weight excluding hydrogens is 296 g/mol. The number of aliphatic hydroxyl groups excluding tert-OH is 1. The average Bonchev–Trinajstić information content (AvgIpc) is 2.49. The molecule has 1 saturated carbocycles. The van der Waals surface area contributed by atoms with Crippen molar-refractivity contribution in [1.29, 1.82) is 0 Å². The highest BCUT2D eigenvalue weighted by Crippen LogP contribution is 2.19. The van der Waals surface area contributed by atoms with E-state index in [0.717, 1.165) is 31.2 Å². The number of anilines is 1. The van der Waals surface area contributed by atoms with Gasteiger partial charge in [0.2, 0.25) is 0 Å². The minimum Gasteiger partial charge on any atom is -0.393 e. The molecule has 1 atom stereocenters. The maximum Gasteiger partial charge on any atom is 0.316 e. The Morgan fingerprint density at radius 1 is 1.17 bits per heavy atom. The van der Waals surface area contributed by atoms with E-state index >= 15 is 0 Å². The average molecular weight is 320 g/mol. The number of carbonyl (C=O) groups is 2. The van der Waals surface area contributed by atoms with Crippen molar-refractivity contribution in [3.8, 4) is 0 Å². The Morgan fingerprint density at radius 3 is 2.35 bits per heavy atom. The van der Waals surface area contributed by atoms with Crippen molar-refractivity contribution >= 4 is 17.7 Å². The Bertz CT molecular complexity index is 539. The Hall–Kier alpha value is -2.28. The van der Waals surface area contributed by atoms with Gasteiger partial charge in [-0.25, -0.2) is 9.59 Å². The summed E-state index contributed by atoms with van der Waals surface area (Å²) in [6.45, 7) is 1.89. The lowest BCUT2D eigenvalue weighted by atomic mass is 9.93. The summed E-state index contributed by atoms with van der Waals surface area (Å²) in [7, 11) is 0. The zero-order chi connectivity index (χ0) is 16.8. The summed E-state index contributed by atoms with van der Waals surface area (Å²) in [5.74, 6) is 0. The van der Waals surface area contributed by atoms with Crippen molar-refractivity contribution in [1.82, 2.24) is 10.6 Å². The molecule has 0 spiro atoms. The Morgan fingerprint density at radius 2 is 1.78 bits per heavy atom. The standard InChI is InChI=1S/C16H24N4O3/c1-10(11-2-4-12(5-3-11)19-15(17)22)18-16(23)20-13-6-8-14(21)9-7-13/h2-5,10,13-14,21H,6-9H2,1H3,(H3,17,19,22)(H2,18,20,23)/t10-,13?,14?/m1/s1. The molecule has 126 valence electrons. The van der Waals surface area contributed by atoms with E-state index in [1.54, 1.807) is 12.1 Å². The molecule has 1 fully saturated rings. The number of aliphatic hydroxyl groups is 1. The minimum atomic E-state index is -0.610. The zero-order valence-electron chi connectivity index (χ0n) is 13.2. The van der Waals surface area contributed by atoms with E-state index in [-0.39, 0.29) is 24.2 Å². The first-order valence-electron chi connectivity index (χ1n) is 7.85. The van der Waals surface area contributed by atoms with Gasteiger partial charge in [0.25, 0.3) is 0 Å². The Balaban J connectivity index is 1.82. The van der Waals surface area contributed by atoms with Crippen LogP contribution < -0.4 is 21.7 Å². The number of hydrogen-bond acceptors (Lipinski definition) is 3. The normalized spacial score (nSPS) is 22.0. The summed E-state index contributed by atoms with van der Waals surface area (Å²) in [5.41, 5.74) is 6.59. The highest BCUT2D eigenvalue weighted by Gasteiger charge is 2.21. The molecule has 1 aromatic rings. The summed E-state index contributed by atoms with van der Waals surface area (Å²) >= 11 is 0. The first kappa shape index (κ1) is 17.1. The summed E-state index contributed by atoms with van der Waals surface area (Å²) in [4.78, 5) is 22.8. The quantitative estimate of drug-likeness (QED) is 0.582. The van der Waals surface area contributed by atoms with Crippen LogP contribution in [0.25, 0.3) is 0 Å². The van der Waals surface area contributed by atoms with Gasteiger partial charge in [0.15, 0.2) is 0 Å². The van der Waals surface area contributed by atoms with Crippen molar-refractivity contribution in [2.75, 3.05) is 5.32 Å². The third-order valence-electron chi connectivity index (χ3n) is 4.06. The van der Waals surface area contributed by atoms with E-state index in [4.69, 9.17) is 5.73 Å². The van der Waals surface area contributed by atoms with Gasteiger partial charge in [0, 0.05) is 11.7 Å². The fourth-order valence-electron chi connectivity index (χ4n) is 2.72. The van der Waals surface area contributed by atoms with Crippen molar-refractivity contribution in [3.05, 3.63) is 29.8 Å². The molecule has 4 amide bonds. The summed E-state index contributed by atoms with van der Waals surface area (Å²) in [6.07, 6.45) is 2.83. The van der Waals surface area contributed by atoms with E-state index in [1.165, 1.54) is 0 Å². The molecule has 7 heteroatoms. The van der Waals surface area contributed by atoms with E-state index in [2.05, 4.69) is 16.0 Å². The lowest BCUT2D eigenvalue weighted by molar-refractivity contribution is 0.117. The van der Waals surface area contributed by atoms with Gasteiger partial charge in [-0.15, -0.1) is 0 Å². The topological polar surface area (TPSA) is 116 Å². The van der Waals surface area contributed by atoms with Crippen LogP contribution in [0.2, 0.25) is 0 Å². The summed E-state index contributed by atoms with van der Waals surface area (Å²) in [5, 5.41) is 17.8. The molecule has 0 aliphatic heterocycles. The molecule has 0 saturated heterocycles. The highest BCUT2D eigenvalue weighted by atomic mass is 16.3. The second-order valence-corrected chi connectivity index (χ2v) is 5.96. The monoisotopic (exact) mass is 320 g/mol. The number of urea groups is 2. The molecule has 0 unspecified atom stereocenters. The van der Waals surface area contributed by atoms with Gasteiger partial charge in [0.1, 0.15) is 0 Å². The van der Waals surface area contributed by atoms with Gasteiger partial charge < -0.3 is 26.8 Å². The van der Waals surface area contributed by atoms with Crippen LogP contribution in [-0.4, -0.2) is 29.3 Å². The maximum absolute atomic E-state index is 12.0. The van der Waals surface area contributed by atoms with Crippen molar-refractivity contribution in [3.63, 3.8) is 0 Å². The molecule has 2 rings (SSSR count). The maximum atomic E-state index is 12.0. The van der Waals surface area contributed by atoms with E-state index in [1.807, 2.05) is 19.1 Å². The van der Waals surface area contributed by atoms with Gasteiger partial charge in [-0.05, 0) is 50.3 Å². The largest absolute Gasteiger partial charge is 0.393 e. The third kappa shape index (κ3) is 5.45. The van der Waals surface area contributed by atoms with Crippen molar-refractivity contribution in [2.45, 2.75) is 50.8 Å². The Kier molecular flexibility index (Phi) is 5.81. The van der Waals surface area contributed by atoms with Crippen LogP contribution >= 0.6 is 0 Å². The van der Waals surface area contributed by atoms with Gasteiger partial charge in [-0.3, -0.25) is 0 Å². The van der Waals surface area contributed by atoms with Gasteiger partial charge in [-0.2, -0.15) is 0 Å². The second kappa shape index (κ2) is 7.82. The minimum absolute atomic E-state index is 0.118. The number of carbonyl (C=O) groups excluding carboxylic acids is 2. The van der Waals surface area contributed by atoms with Crippen LogP contribution in [0, 0.1) is 0 Å². The third-order valence-corrected chi connectivity index (χ3v) is 4.06. The number of amides is 4. The van der Waals surface area contributed by atoms with Crippen LogP contribution in [0.3, 0.4) is 0 Å². The first-order valence-corrected chi connectivity index (χ1v) is 7.85. The fourth-order valence-corrected chi connectivity index (χ4v) is 2.72. The molecule has 7 nitrogen and oxygen atoms in total. The van der Waals surface area contributed by atoms with Gasteiger partial charge >= 0.3 is 12.1 Å². The number of rotatable bonds is 4. The number of primary amides is 1. The number of benzene rings is 1. The van der Waals surface area contributed by atoms with Crippen molar-refractivity contribution in [2.24, 2.45) is 5.73 Å². The van der Waals surface area contributed by atoms with Crippen LogP contribution in [0.1, 0.15) is 44.2 Å². The zero-order valence-corrected chi connectivity index (χ0v) is 13.2. The SMILES string of the molecule is C[C@@H](NC(=O)NC1CCC(O)CC1)c1ccc(NC(N)=O)cc1. The molecule has 23 heavy (non-hydrogen) atoms. The lowest BCUT2D eigenvalue weighted by Crippen LogP contribution is -2.44. The number of nitrogens with one attached hydrogen (secondary N) is 3.